The average molecular weight is 502 g/mol. The molecule has 8 heteroatoms. The minimum absolute atomic E-state index is 0.673. The minimum Gasteiger partial charge on any atom is -0.491 e. The first-order valence-electron chi connectivity index (χ1n) is 13.0. The van der Waals surface area contributed by atoms with Gasteiger partial charge in [-0.1, -0.05) is 6.07 Å². The summed E-state index contributed by atoms with van der Waals surface area (Å²) in [6.45, 7) is 3.98. The molecule has 38 heavy (non-hydrogen) atoms. The number of hydrogen-bond donors (Lipinski definition) is 2. The Morgan fingerprint density at radius 3 is 2.53 bits per heavy atom. The Labute approximate surface area is 219 Å². The molecular formula is C30H27N7O. The van der Waals surface area contributed by atoms with Crippen molar-refractivity contribution in [2.75, 3.05) is 26.2 Å². The Kier molecular flexibility index (Phi) is 5.79. The summed E-state index contributed by atoms with van der Waals surface area (Å²) in [5, 5.41) is 9.93. The fourth-order valence-corrected chi connectivity index (χ4v) is 5.27. The predicted octanol–water partition coefficient (Wildman–Crippen LogP) is 5.70. The van der Waals surface area contributed by atoms with Gasteiger partial charge in [-0.3, -0.25) is 25.0 Å². The number of pyridine rings is 3. The van der Waals surface area contributed by atoms with Crippen LogP contribution in [0, 0.1) is 0 Å². The molecule has 1 aliphatic heterocycles. The second-order valence-corrected chi connectivity index (χ2v) is 9.68. The van der Waals surface area contributed by atoms with Crippen LogP contribution in [0.15, 0.2) is 79.5 Å². The van der Waals surface area contributed by atoms with Gasteiger partial charge in [0, 0.05) is 58.7 Å². The van der Waals surface area contributed by atoms with Crippen molar-refractivity contribution in [1.29, 1.82) is 0 Å². The molecule has 0 aliphatic carbocycles. The number of hydrogen-bond acceptors (Lipinski definition) is 6. The SMILES string of the molecule is c1cc(-c2nccc3[nH]c(-c4n[nH]c5ccc(-c6cncc(OCCN7CCCC7)c6)cc45)cc23)ccn1. The number of H-pyrrole nitrogens is 2. The van der Waals surface area contributed by atoms with Crippen LogP contribution < -0.4 is 4.74 Å². The summed E-state index contributed by atoms with van der Waals surface area (Å²) < 4.78 is 6.04. The van der Waals surface area contributed by atoms with Gasteiger partial charge in [0.1, 0.15) is 18.1 Å². The van der Waals surface area contributed by atoms with Crippen molar-refractivity contribution in [1.82, 2.24) is 35.0 Å². The summed E-state index contributed by atoms with van der Waals surface area (Å²) in [6.07, 6.45) is 11.6. The van der Waals surface area contributed by atoms with E-state index in [1.165, 1.54) is 25.9 Å². The number of ether oxygens (including phenoxy) is 1. The van der Waals surface area contributed by atoms with E-state index in [0.29, 0.717) is 6.61 Å². The lowest BCUT2D eigenvalue weighted by molar-refractivity contribution is 0.237. The van der Waals surface area contributed by atoms with Crippen molar-refractivity contribution < 1.29 is 4.74 Å². The molecule has 0 bridgehead atoms. The monoisotopic (exact) mass is 501 g/mol. The van der Waals surface area contributed by atoms with Gasteiger partial charge in [-0.15, -0.1) is 0 Å². The maximum absolute atomic E-state index is 6.04. The minimum atomic E-state index is 0.673. The Morgan fingerprint density at radius 1 is 0.763 bits per heavy atom. The average Bonchev–Trinajstić information content (AvgIpc) is 3.73. The molecule has 2 N–H and O–H groups in total. The quantitative estimate of drug-likeness (QED) is 0.291. The van der Waals surface area contributed by atoms with Crippen molar-refractivity contribution in [3.8, 4) is 39.5 Å². The van der Waals surface area contributed by atoms with Gasteiger partial charge in [-0.25, -0.2) is 0 Å². The van der Waals surface area contributed by atoms with Crippen LogP contribution in [-0.2, 0) is 0 Å². The Hall–Kier alpha value is -4.56. The van der Waals surface area contributed by atoms with Crippen molar-refractivity contribution >= 4 is 21.8 Å². The molecule has 0 saturated carbocycles. The van der Waals surface area contributed by atoms with Crippen LogP contribution >= 0.6 is 0 Å². The Balaban J connectivity index is 1.20. The first-order valence-corrected chi connectivity index (χ1v) is 13.0. The number of benzene rings is 1. The van der Waals surface area contributed by atoms with Crippen LogP contribution in [0.3, 0.4) is 0 Å². The van der Waals surface area contributed by atoms with E-state index in [4.69, 9.17) is 4.74 Å². The molecule has 188 valence electrons. The first-order chi connectivity index (χ1) is 18.8. The van der Waals surface area contributed by atoms with Crippen molar-refractivity contribution in [3.63, 3.8) is 0 Å². The molecule has 0 spiro atoms. The van der Waals surface area contributed by atoms with Crippen LogP contribution in [0.5, 0.6) is 5.75 Å². The zero-order valence-corrected chi connectivity index (χ0v) is 20.9. The summed E-state index contributed by atoms with van der Waals surface area (Å²) >= 11 is 0. The molecule has 1 fully saturated rings. The molecule has 6 heterocycles. The molecule has 1 aliphatic rings. The third kappa shape index (κ3) is 4.29. The number of aromatic amines is 2. The number of aromatic nitrogens is 6. The molecule has 0 amide bonds. The maximum Gasteiger partial charge on any atom is 0.138 e. The molecule has 1 aromatic carbocycles. The summed E-state index contributed by atoms with van der Waals surface area (Å²) in [6, 6.07) is 16.4. The van der Waals surface area contributed by atoms with E-state index in [0.717, 1.165) is 67.9 Å². The lowest BCUT2D eigenvalue weighted by Gasteiger charge is -2.15. The van der Waals surface area contributed by atoms with Crippen LogP contribution in [0.4, 0.5) is 0 Å². The summed E-state index contributed by atoms with van der Waals surface area (Å²) in [5.41, 5.74) is 7.80. The highest BCUT2D eigenvalue weighted by Gasteiger charge is 2.15. The van der Waals surface area contributed by atoms with Gasteiger partial charge in [0.25, 0.3) is 0 Å². The molecule has 6 aromatic rings. The molecular weight excluding hydrogens is 474 g/mol. The molecule has 0 atom stereocenters. The molecule has 5 aromatic heterocycles. The second kappa shape index (κ2) is 9.72. The highest BCUT2D eigenvalue weighted by atomic mass is 16.5. The topological polar surface area (TPSA) is 95.6 Å². The second-order valence-electron chi connectivity index (χ2n) is 9.68. The molecule has 0 radical (unpaired) electrons. The highest BCUT2D eigenvalue weighted by molar-refractivity contribution is 6.00. The van der Waals surface area contributed by atoms with E-state index in [9.17, 15) is 0 Å². The summed E-state index contributed by atoms with van der Waals surface area (Å²) in [7, 11) is 0. The Bertz CT molecular complexity index is 1720. The van der Waals surface area contributed by atoms with Gasteiger partial charge in [0.15, 0.2) is 0 Å². The number of rotatable bonds is 7. The van der Waals surface area contributed by atoms with Crippen LogP contribution in [-0.4, -0.2) is 61.3 Å². The zero-order valence-electron chi connectivity index (χ0n) is 20.9. The molecule has 8 nitrogen and oxygen atoms in total. The smallest absolute Gasteiger partial charge is 0.138 e. The number of fused-ring (bicyclic) bond motifs is 2. The third-order valence-electron chi connectivity index (χ3n) is 7.24. The van der Waals surface area contributed by atoms with Crippen molar-refractivity contribution in [2.24, 2.45) is 0 Å². The van der Waals surface area contributed by atoms with E-state index in [1.54, 1.807) is 18.6 Å². The summed E-state index contributed by atoms with van der Waals surface area (Å²) in [4.78, 5) is 19.2. The van der Waals surface area contributed by atoms with Crippen molar-refractivity contribution in [3.05, 3.63) is 79.5 Å². The Morgan fingerprint density at radius 2 is 1.63 bits per heavy atom. The van der Waals surface area contributed by atoms with E-state index in [1.807, 2.05) is 30.6 Å². The van der Waals surface area contributed by atoms with Crippen molar-refractivity contribution in [2.45, 2.75) is 12.8 Å². The van der Waals surface area contributed by atoms with E-state index >= 15 is 0 Å². The lowest BCUT2D eigenvalue weighted by Crippen LogP contribution is -2.25. The maximum atomic E-state index is 6.04. The number of likely N-dealkylation sites (tertiary alicyclic amines) is 1. The normalized spacial score (nSPS) is 14.0. The van der Waals surface area contributed by atoms with Crippen LogP contribution in [0.25, 0.3) is 55.6 Å². The number of nitrogens with zero attached hydrogens (tertiary/aromatic N) is 5. The highest BCUT2D eigenvalue weighted by Crippen LogP contribution is 2.34. The van der Waals surface area contributed by atoms with E-state index in [-0.39, 0.29) is 0 Å². The predicted molar refractivity (Wildman–Crippen MR) is 149 cm³/mol. The molecule has 1 saturated heterocycles. The fraction of sp³-hybridized carbons (Fsp3) is 0.200. The zero-order chi connectivity index (χ0) is 25.3. The van der Waals surface area contributed by atoms with Gasteiger partial charge < -0.3 is 9.72 Å². The third-order valence-corrected chi connectivity index (χ3v) is 7.24. The van der Waals surface area contributed by atoms with Crippen LogP contribution in [0.2, 0.25) is 0 Å². The van der Waals surface area contributed by atoms with Gasteiger partial charge in [0.05, 0.1) is 23.1 Å². The lowest BCUT2D eigenvalue weighted by atomic mass is 10.0. The molecule has 7 rings (SSSR count). The largest absolute Gasteiger partial charge is 0.491 e. The first kappa shape index (κ1) is 22.6. The van der Waals surface area contributed by atoms with Gasteiger partial charge in [-0.2, -0.15) is 5.10 Å². The van der Waals surface area contributed by atoms with E-state index in [2.05, 4.69) is 65.4 Å². The van der Waals surface area contributed by atoms with Gasteiger partial charge >= 0.3 is 0 Å². The fourth-order valence-electron chi connectivity index (χ4n) is 5.27. The molecule has 0 unspecified atom stereocenters. The van der Waals surface area contributed by atoms with Crippen LogP contribution in [0.1, 0.15) is 12.8 Å². The van der Waals surface area contributed by atoms with Gasteiger partial charge in [-0.05, 0) is 74.0 Å². The van der Waals surface area contributed by atoms with E-state index < -0.39 is 0 Å². The summed E-state index contributed by atoms with van der Waals surface area (Å²) in [5.74, 6) is 0.793. The standard InChI is InChI=1S/C30H27N7O/c1-2-12-37(11-1)13-14-38-23-15-22(18-32-19-23)21-3-4-27-24(16-21)30(36-35-27)28-17-25-26(34-28)7-10-33-29(25)20-5-8-31-9-6-20/h3-10,15-19,34H,1-2,11-14H2,(H,35,36). The van der Waals surface area contributed by atoms with Gasteiger partial charge in [0.2, 0.25) is 0 Å². The number of nitrogens with one attached hydrogen (secondary N) is 2.